The Bertz CT molecular complexity index is 98.3. The normalized spacial score (nSPS) is 6.00. The predicted molar refractivity (Wildman–Crippen MR) is 35.3 cm³/mol. The molecule has 11 heteroatoms. The molecule has 0 aliphatic rings. The molecule has 0 aromatic heterocycles. The van der Waals surface area contributed by atoms with Gasteiger partial charge in [-0.3, -0.25) is 0 Å². The van der Waals surface area contributed by atoms with Crippen molar-refractivity contribution in [3.63, 3.8) is 0 Å². The summed E-state index contributed by atoms with van der Waals surface area (Å²) in [6.45, 7) is 0.472. The van der Waals surface area contributed by atoms with E-state index < -0.39 is 10.2 Å². The van der Waals surface area contributed by atoms with Gasteiger partial charge in [-0.25, -0.2) is 0 Å². The van der Waals surface area contributed by atoms with Crippen molar-refractivity contribution < 1.29 is 42.9 Å². The molecule has 0 unspecified atom stereocenters. The molecule has 0 heterocycles. The monoisotopic (exact) mass is 293 g/mol. The van der Waals surface area contributed by atoms with Crippen LogP contribution in [0, 0.1) is 25.4 Å². The molecular weight excluding hydrogens is 286 g/mol. The summed E-state index contributed by atoms with van der Waals surface area (Å²) >= 11 is 0. The summed E-state index contributed by atoms with van der Waals surface area (Å²) in [5, 5.41) is 36.1. The van der Waals surface area contributed by atoms with Crippen LogP contribution in [0.25, 0.3) is 0 Å². The molecule has 0 atom stereocenters. The van der Waals surface area contributed by atoms with E-state index in [1.807, 2.05) is 0 Å². The van der Waals surface area contributed by atoms with Crippen LogP contribution < -0.4 is 5.73 Å². The summed E-state index contributed by atoms with van der Waals surface area (Å²) < 4.78 is 0. The van der Waals surface area contributed by atoms with Crippen LogP contribution in [-0.2, 0) is 22.4 Å². The number of aliphatic hydroxyl groups is 1. The molecule has 0 aliphatic carbocycles. The van der Waals surface area contributed by atoms with Crippen molar-refractivity contribution in [2.24, 2.45) is 5.73 Å². The smallest absolute Gasteiger partial charge is 0.395 e. The largest absolute Gasteiger partial charge is 1.00 e. The van der Waals surface area contributed by atoms with Crippen LogP contribution >= 0.6 is 0 Å². The Labute approximate surface area is 87.7 Å². The van der Waals surface area contributed by atoms with E-state index in [9.17, 15) is 0 Å². The van der Waals surface area contributed by atoms with Gasteiger partial charge in [-0.05, 0) is 0 Å². The molecular formula is C2H8AgN3O7. The molecule has 0 aromatic rings. The molecule has 13 heavy (non-hydrogen) atoms. The summed E-state index contributed by atoms with van der Waals surface area (Å²) in [4.78, 5) is 16.6. The van der Waals surface area contributed by atoms with E-state index >= 15 is 0 Å². The maximum Gasteiger partial charge on any atom is 1.00 e. The predicted octanol–water partition coefficient (Wildman–Crippen LogP) is -1.65. The number of hydrogen-bond acceptors (Lipinski definition) is 7. The number of hydrogen-bond donors (Lipinski definition) is 3. The first-order valence-corrected chi connectivity index (χ1v) is 2.34. The third-order valence-corrected chi connectivity index (χ3v) is 0.129. The Morgan fingerprint density at radius 2 is 1.31 bits per heavy atom. The first-order valence-electron chi connectivity index (χ1n) is 2.34. The van der Waals surface area contributed by atoms with Crippen molar-refractivity contribution in [3.05, 3.63) is 25.4 Å². The van der Waals surface area contributed by atoms with Gasteiger partial charge in [0.2, 0.25) is 0 Å². The number of nitrogens with zero attached hydrogens (tertiary/aromatic N) is 2. The van der Waals surface area contributed by atoms with Gasteiger partial charge in [0.25, 0.3) is 5.09 Å². The molecule has 0 fully saturated rings. The maximum atomic E-state index is 8.36. The maximum absolute atomic E-state index is 8.36. The zero-order chi connectivity index (χ0) is 10.6. The molecule has 10 nitrogen and oxygen atoms in total. The van der Waals surface area contributed by atoms with Gasteiger partial charge < -0.3 is 31.4 Å². The molecule has 84 valence electrons. The minimum absolute atomic E-state index is 0. The van der Waals surface area contributed by atoms with Gasteiger partial charge in [0.15, 0.2) is 0 Å². The Morgan fingerprint density at radius 1 is 1.23 bits per heavy atom. The van der Waals surface area contributed by atoms with Crippen molar-refractivity contribution in [1.82, 2.24) is 0 Å². The first-order chi connectivity index (χ1) is 5.38. The molecule has 0 amide bonds. The summed E-state index contributed by atoms with van der Waals surface area (Å²) in [6.07, 6.45) is 0. The second kappa shape index (κ2) is 22.5. The number of rotatable bonds is 1. The van der Waals surface area contributed by atoms with E-state index in [1.165, 1.54) is 0 Å². The summed E-state index contributed by atoms with van der Waals surface area (Å²) in [7, 11) is 0. The summed E-state index contributed by atoms with van der Waals surface area (Å²) in [6, 6.07) is 0. The third-order valence-electron chi connectivity index (χ3n) is 0.129. The van der Waals surface area contributed by atoms with Gasteiger partial charge in [0, 0.05) is 6.54 Å². The number of nitrogens with two attached hydrogens (primary N) is 1. The van der Waals surface area contributed by atoms with E-state index in [-0.39, 0.29) is 29.0 Å². The molecule has 0 saturated heterocycles. The quantitative estimate of drug-likeness (QED) is 0.292. The van der Waals surface area contributed by atoms with Crippen molar-refractivity contribution >= 4 is 0 Å². The van der Waals surface area contributed by atoms with Gasteiger partial charge in [-0.1, -0.05) is 0 Å². The fourth-order valence-electron chi connectivity index (χ4n) is 0. The van der Waals surface area contributed by atoms with E-state index in [2.05, 4.69) is 0 Å². The Balaban J connectivity index is -0.0000000450. The van der Waals surface area contributed by atoms with Gasteiger partial charge >= 0.3 is 22.4 Å². The van der Waals surface area contributed by atoms with E-state index in [1.54, 1.807) is 0 Å². The molecule has 0 saturated carbocycles. The van der Waals surface area contributed by atoms with Crippen LogP contribution in [0.15, 0.2) is 0 Å². The van der Waals surface area contributed by atoms with Crippen molar-refractivity contribution in [3.8, 4) is 0 Å². The fraction of sp³-hybridized carbons (Fsp3) is 1.00. The molecule has 0 aliphatic heterocycles. The van der Waals surface area contributed by atoms with E-state index in [0.29, 0.717) is 6.54 Å². The molecule has 0 rings (SSSR count). The minimum atomic E-state index is -1.75. The van der Waals surface area contributed by atoms with Crippen LogP contribution in [0.3, 0.4) is 0 Å². The van der Waals surface area contributed by atoms with Crippen molar-refractivity contribution in [2.75, 3.05) is 13.2 Å². The van der Waals surface area contributed by atoms with Gasteiger partial charge in [-0.15, -0.1) is 10.1 Å². The average molecular weight is 294 g/mol. The summed E-state index contributed by atoms with van der Waals surface area (Å²) in [5.74, 6) is 0. The fourth-order valence-corrected chi connectivity index (χ4v) is 0. The second-order valence-corrected chi connectivity index (χ2v) is 0.974. The SMILES string of the molecule is NCCO.O=[N+]([O-])O.O=[N+]([O-])[O-].[Ag+]. The van der Waals surface area contributed by atoms with Crippen LogP contribution in [0.1, 0.15) is 0 Å². The van der Waals surface area contributed by atoms with Crippen molar-refractivity contribution in [1.29, 1.82) is 0 Å². The zero-order valence-electron chi connectivity index (χ0n) is 6.12. The van der Waals surface area contributed by atoms with Crippen LogP contribution in [0.2, 0.25) is 0 Å². The standard InChI is InChI=1S/C2H7NO.Ag.HNO3.NO3/c3-1-2-4;;2*2-1(3)4/h4H,1-3H2;;(H,2,3,4);/q;+1;;-1. The Hall–Kier alpha value is -0.940. The topological polar surface area (TPSA) is 176 Å². The third kappa shape index (κ3) is 250000. The number of aliphatic hydroxyl groups excluding tert-OH is 1. The molecule has 0 radical (unpaired) electrons. The Kier molecular flexibility index (Phi) is 39.2. The molecule has 0 spiro atoms. The second-order valence-electron chi connectivity index (χ2n) is 0.974. The van der Waals surface area contributed by atoms with E-state index in [4.69, 9.17) is 41.5 Å². The average Bonchev–Trinajstić information content (AvgIpc) is 1.85. The van der Waals surface area contributed by atoms with Crippen molar-refractivity contribution in [2.45, 2.75) is 0 Å². The Morgan fingerprint density at radius 3 is 1.31 bits per heavy atom. The van der Waals surface area contributed by atoms with Gasteiger partial charge in [-0.2, -0.15) is 0 Å². The van der Waals surface area contributed by atoms with Gasteiger partial charge in [0.1, 0.15) is 0 Å². The molecule has 0 aromatic carbocycles. The summed E-state index contributed by atoms with van der Waals surface area (Å²) in [5.41, 5.74) is 4.78. The van der Waals surface area contributed by atoms with E-state index in [0.717, 1.165) is 0 Å². The first kappa shape index (κ1) is 22.7. The van der Waals surface area contributed by atoms with Crippen LogP contribution in [0.5, 0.6) is 0 Å². The zero-order valence-corrected chi connectivity index (χ0v) is 7.61. The molecule has 4 N–H and O–H groups in total. The minimum Gasteiger partial charge on any atom is -0.395 e. The van der Waals surface area contributed by atoms with Crippen LogP contribution in [0.4, 0.5) is 0 Å². The molecule has 0 bridgehead atoms. The van der Waals surface area contributed by atoms with Gasteiger partial charge in [0.05, 0.1) is 11.7 Å². The van der Waals surface area contributed by atoms with Crippen LogP contribution in [-0.4, -0.2) is 33.6 Å².